The Balaban J connectivity index is 4.21. The van der Waals surface area contributed by atoms with E-state index in [1.54, 1.807) is 7.05 Å². The van der Waals surface area contributed by atoms with E-state index in [1.165, 1.54) is 4.90 Å². The molecule has 0 rings (SSSR count). The molecule has 0 heterocycles. The Morgan fingerprint density at radius 1 is 1.35 bits per heavy atom. The van der Waals surface area contributed by atoms with Crippen molar-refractivity contribution in [3.63, 3.8) is 0 Å². The molecule has 1 atom stereocenters. The summed E-state index contributed by atoms with van der Waals surface area (Å²) in [6.45, 7) is 1.22. The fourth-order valence-corrected chi connectivity index (χ4v) is 1.03. The van der Waals surface area contributed by atoms with Crippen LogP contribution in [0.5, 0.6) is 0 Å². The van der Waals surface area contributed by atoms with Crippen LogP contribution in [0.3, 0.4) is 0 Å². The van der Waals surface area contributed by atoms with Crippen molar-refractivity contribution in [1.29, 1.82) is 0 Å². The molecule has 0 saturated carbocycles. The van der Waals surface area contributed by atoms with Gasteiger partial charge in [0.15, 0.2) is 0 Å². The van der Waals surface area contributed by atoms with Gasteiger partial charge in [0.1, 0.15) is 6.04 Å². The molecule has 1 unspecified atom stereocenters. The number of nitrogens with zero attached hydrogens (tertiary/aromatic N) is 2. The zero-order valence-electron chi connectivity index (χ0n) is 10.4. The number of hydrogen-bond acceptors (Lipinski definition) is 3. The number of amides is 2. The van der Waals surface area contributed by atoms with Crippen LogP contribution >= 0.6 is 0 Å². The van der Waals surface area contributed by atoms with Crippen molar-refractivity contribution < 1.29 is 14.7 Å². The van der Waals surface area contributed by atoms with Gasteiger partial charge in [0.05, 0.1) is 0 Å². The lowest BCUT2D eigenvalue weighted by Crippen LogP contribution is -2.47. The summed E-state index contributed by atoms with van der Waals surface area (Å²) < 4.78 is 0. The maximum atomic E-state index is 11.6. The molecule has 96 valence electrons. The van der Waals surface area contributed by atoms with Gasteiger partial charge in [-0.05, 0) is 14.1 Å². The summed E-state index contributed by atoms with van der Waals surface area (Å²) in [5, 5.41) is 11.2. The van der Waals surface area contributed by atoms with Gasteiger partial charge < -0.3 is 20.2 Å². The molecule has 17 heavy (non-hydrogen) atoms. The van der Waals surface area contributed by atoms with Gasteiger partial charge in [-0.3, -0.25) is 0 Å². The largest absolute Gasteiger partial charge is 0.480 e. The van der Waals surface area contributed by atoms with Gasteiger partial charge in [0.25, 0.3) is 0 Å². The Bertz CT molecular complexity index is 310. The number of aliphatic carboxylic acids is 1. The zero-order valence-corrected chi connectivity index (χ0v) is 10.4. The van der Waals surface area contributed by atoms with Crippen molar-refractivity contribution in [3.05, 3.63) is 0 Å². The van der Waals surface area contributed by atoms with E-state index in [2.05, 4.69) is 11.2 Å². The number of terminal acetylenes is 1. The Morgan fingerprint density at radius 2 is 1.94 bits per heavy atom. The van der Waals surface area contributed by atoms with Crippen molar-refractivity contribution in [2.24, 2.45) is 0 Å². The van der Waals surface area contributed by atoms with Crippen molar-refractivity contribution in [2.45, 2.75) is 12.5 Å². The molecule has 0 bridgehead atoms. The van der Waals surface area contributed by atoms with Crippen LogP contribution in [0.15, 0.2) is 0 Å². The number of urea groups is 1. The number of likely N-dealkylation sites (N-methyl/N-ethyl adjacent to an activating group) is 2. The quantitative estimate of drug-likeness (QED) is 0.624. The second-order valence-corrected chi connectivity index (χ2v) is 3.97. The monoisotopic (exact) mass is 241 g/mol. The molecule has 6 heteroatoms. The van der Waals surface area contributed by atoms with E-state index in [0.29, 0.717) is 13.1 Å². The Hall–Kier alpha value is -1.74. The zero-order chi connectivity index (χ0) is 13.4. The molecule has 2 amide bonds. The van der Waals surface area contributed by atoms with Gasteiger partial charge in [-0.15, -0.1) is 12.3 Å². The summed E-state index contributed by atoms with van der Waals surface area (Å²) in [4.78, 5) is 25.7. The second kappa shape index (κ2) is 7.52. The molecule has 0 spiro atoms. The first-order chi connectivity index (χ1) is 7.88. The van der Waals surface area contributed by atoms with Crippen LogP contribution in [-0.2, 0) is 4.79 Å². The molecule has 0 aromatic carbocycles. The summed E-state index contributed by atoms with van der Waals surface area (Å²) in [6.07, 6.45) is 5.01. The third-order valence-corrected chi connectivity index (χ3v) is 2.15. The van der Waals surface area contributed by atoms with Gasteiger partial charge >= 0.3 is 12.0 Å². The molecular weight excluding hydrogens is 222 g/mol. The summed E-state index contributed by atoms with van der Waals surface area (Å²) in [7, 11) is 5.39. The minimum absolute atomic E-state index is 0.0252. The molecular formula is C11H19N3O3. The minimum atomic E-state index is -1.13. The predicted molar refractivity (Wildman–Crippen MR) is 64.6 cm³/mol. The number of carboxylic acid groups (broad SMARTS) is 1. The van der Waals surface area contributed by atoms with E-state index in [1.807, 2.05) is 19.0 Å². The minimum Gasteiger partial charge on any atom is -0.480 e. The lowest BCUT2D eigenvalue weighted by Gasteiger charge is -2.22. The van der Waals surface area contributed by atoms with E-state index in [0.717, 1.165) is 0 Å². The first-order valence-corrected chi connectivity index (χ1v) is 5.21. The fraction of sp³-hybridized carbons (Fsp3) is 0.636. The SMILES string of the molecule is C#CCC(NC(=O)N(C)CCN(C)C)C(=O)O. The average Bonchev–Trinajstić information content (AvgIpc) is 2.24. The summed E-state index contributed by atoms with van der Waals surface area (Å²) in [5.74, 6) is 1.09. The first-order valence-electron chi connectivity index (χ1n) is 5.21. The maximum absolute atomic E-state index is 11.6. The maximum Gasteiger partial charge on any atom is 0.327 e. The normalized spacial score (nSPS) is 11.7. The van der Waals surface area contributed by atoms with Crippen LogP contribution in [0.25, 0.3) is 0 Å². The van der Waals surface area contributed by atoms with E-state index < -0.39 is 18.0 Å². The van der Waals surface area contributed by atoms with Gasteiger partial charge in [-0.25, -0.2) is 9.59 Å². The molecule has 0 aliphatic heterocycles. The number of carbonyl (C=O) groups is 2. The number of carbonyl (C=O) groups excluding carboxylic acids is 1. The first kappa shape index (κ1) is 15.3. The van der Waals surface area contributed by atoms with E-state index >= 15 is 0 Å². The third kappa shape index (κ3) is 6.43. The average molecular weight is 241 g/mol. The van der Waals surface area contributed by atoms with Crippen LogP contribution in [0.1, 0.15) is 6.42 Å². The van der Waals surface area contributed by atoms with Gasteiger partial charge in [-0.1, -0.05) is 0 Å². The Labute approximate surface area is 102 Å². The molecule has 0 saturated heterocycles. The summed E-state index contributed by atoms with van der Waals surface area (Å²) in [6, 6.07) is -1.47. The summed E-state index contributed by atoms with van der Waals surface area (Å²) in [5.41, 5.74) is 0. The number of hydrogen-bond donors (Lipinski definition) is 2. The van der Waals surface area contributed by atoms with E-state index in [4.69, 9.17) is 11.5 Å². The topological polar surface area (TPSA) is 72.9 Å². The van der Waals surface area contributed by atoms with Crippen molar-refractivity contribution >= 4 is 12.0 Å². The van der Waals surface area contributed by atoms with Crippen LogP contribution in [0.2, 0.25) is 0 Å². The Morgan fingerprint density at radius 3 is 2.35 bits per heavy atom. The predicted octanol–water partition coefficient (Wildman–Crippen LogP) is -0.334. The second-order valence-electron chi connectivity index (χ2n) is 3.97. The molecule has 0 aliphatic rings. The third-order valence-electron chi connectivity index (χ3n) is 2.15. The standard InChI is InChI=1S/C11H19N3O3/c1-5-6-9(10(15)16)12-11(17)14(4)8-7-13(2)3/h1,9H,6-8H2,2-4H3,(H,12,17)(H,15,16). The number of nitrogens with one attached hydrogen (secondary N) is 1. The number of carboxylic acids is 1. The highest BCUT2D eigenvalue weighted by Crippen LogP contribution is 1.94. The van der Waals surface area contributed by atoms with Gasteiger partial charge in [0, 0.05) is 26.6 Å². The molecule has 6 nitrogen and oxygen atoms in total. The van der Waals surface area contributed by atoms with E-state index in [9.17, 15) is 9.59 Å². The molecule has 0 aromatic rings. The van der Waals surface area contributed by atoms with Crippen molar-refractivity contribution in [2.75, 3.05) is 34.2 Å². The Kier molecular flexibility index (Phi) is 6.75. The lowest BCUT2D eigenvalue weighted by molar-refractivity contribution is -0.139. The highest BCUT2D eigenvalue weighted by Gasteiger charge is 2.20. The summed E-state index contributed by atoms with van der Waals surface area (Å²) >= 11 is 0. The number of rotatable bonds is 6. The lowest BCUT2D eigenvalue weighted by atomic mass is 10.2. The van der Waals surface area contributed by atoms with Crippen molar-refractivity contribution in [1.82, 2.24) is 15.1 Å². The molecule has 0 aliphatic carbocycles. The molecule has 0 radical (unpaired) electrons. The van der Waals surface area contributed by atoms with Gasteiger partial charge in [-0.2, -0.15) is 0 Å². The molecule has 0 fully saturated rings. The van der Waals surface area contributed by atoms with Crippen LogP contribution in [-0.4, -0.2) is 67.2 Å². The van der Waals surface area contributed by atoms with Gasteiger partial charge in [0.2, 0.25) is 0 Å². The van der Waals surface area contributed by atoms with Crippen LogP contribution in [0.4, 0.5) is 4.79 Å². The van der Waals surface area contributed by atoms with Crippen LogP contribution in [0, 0.1) is 12.3 Å². The fourth-order valence-electron chi connectivity index (χ4n) is 1.03. The van der Waals surface area contributed by atoms with E-state index in [-0.39, 0.29) is 6.42 Å². The molecule has 0 aromatic heterocycles. The van der Waals surface area contributed by atoms with Crippen LogP contribution < -0.4 is 5.32 Å². The smallest absolute Gasteiger partial charge is 0.327 e. The van der Waals surface area contributed by atoms with Crippen molar-refractivity contribution in [3.8, 4) is 12.3 Å². The highest BCUT2D eigenvalue weighted by molar-refractivity contribution is 5.82. The molecule has 2 N–H and O–H groups in total. The highest BCUT2D eigenvalue weighted by atomic mass is 16.4.